The molecule has 0 aliphatic carbocycles. The van der Waals surface area contributed by atoms with Crippen LogP contribution in [0.25, 0.3) is 0 Å². The Bertz CT molecular complexity index is 287. The zero-order valence-corrected chi connectivity index (χ0v) is 11.2. The van der Waals surface area contributed by atoms with Gasteiger partial charge in [-0.25, -0.2) is 0 Å². The predicted molar refractivity (Wildman–Crippen MR) is 62.2 cm³/mol. The summed E-state index contributed by atoms with van der Waals surface area (Å²) in [6, 6.07) is 0. The SMILES string of the molecule is CCC[C@@H](O)[C@]1(C)CC[C@H](C(=O)[O-])C(C)(C)O1. The van der Waals surface area contributed by atoms with Crippen LogP contribution in [0.3, 0.4) is 0 Å². The van der Waals surface area contributed by atoms with Gasteiger partial charge in [-0.1, -0.05) is 13.3 Å². The van der Waals surface area contributed by atoms with Gasteiger partial charge in [0.05, 0.1) is 17.3 Å². The van der Waals surface area contributed by atoms with E-state index in [9.17, 15) is 15.0 Å². The van der Waals surface area contributed by atoms with E-state index in [0.717, 1.165) is 6.42 Å². The highest BCUT2D eigenvalue weighted by Gasteiger charge is 2.47. The van der Waals surface area contributed by atoms with Gasteiger partial charge in [0.2, 0.25) is 0 Å². The summed E-state index contributed by atoms with van der Waals surface area (Å²) in [5.41, 5.74) is -1.44. The summed E-state index contributed by atoms with van der Waals surface area (Å²) < 4.78 is 5.88. The summed E-state index contributed by atoms with van der Waals surface area (Å²) in [5, 5.41) is 21.1. The molecule has 0 spiro atoms. The van der Waals surface area contributed by atoms with Crippen molar-refractivity contribution in [1.82, 2.24) is 0 Å². The molecule has 1 saturated heterocycles. The topological polar surface area (TPSA) is 69.6 Å². The second-order valence-corrected chi connectivity index (χ2v) is 5.73. The molecular weight excluding hydrogens is 220 g/mol. The number of rotatable bonds is 4. The first-order valence-electron chi connectivity index (χ1n) is 6.32. The van der Waals surface area contributed by atoms with E-state index in [1.165, 1.54) is 0 Å². The Hall–Kier alpha value is -0.610. The molecule has 4 nitrogen and oxygen atoms in total. The van der Waals surface area contributed by atoms with Gasteiger partial charge < -0.3 is 19.7 Å². The Morgan fingerprint density at radius 1 is 1.53 bits per heavy atom. The van der Waals surface area contributed by atoms with Crippen LogP contribution in [0.4, 0.5) is 0 Å². The number of ether oxygens (including phenoxy) is 1. The average Bonchev–Trinajstić information content (AvgIpc) is 2.15. The van der Waals surface area contributed by atoms with E-state index < -0.39 is 29.2 Å². The summed E-state index contributed by atoms with van der Waals surface area (Å²) in [6.07, 6.45) is 2.05. The molecule has 1 heterocycles. The van der Waals surface area contributed by atoms with Crippen molar-refractivity contribution < 1.29 is 19.7 Å². The summed E-state index contributed by atoms with van der Waals surface area (Å²) in [5.74, 6) is -1.67. The fraction of sp³-hybridized carbons (Fsp3) is 0.923. The number of hydrogen-bond acceptors (Lipinski definition) is 4. The smallest absolute Gasteiger partial charge is 0.0919 e. The van der Waals surface area contributed by atoms with E-state index >= 15 is 0 Å². The number of aliphatic carboxylic acids is 1. The molecule has 0 aromatic carbocycles. The Morgan fingerprint density at radius 2 is 2.12 bits per heavy atom. The number of carbonyl (C=O) groups excluding carboxylic acids is 1. The highest BCUT2D eigenvalue weighted by atomic mass is 16.5. The van der Waals surface area contributed by atoms with Gasteiger partial charge in [0, 0.05) is 11.9 Å². The Kier molecular flexibility index (Phi) is 4.20. The van der Waals surface area contributed by atoms with Gasteiger partial charge >= 0.3 is 0 Å². The zero-order valence-electron chi connectivity index (χ0n) is 11.2. The first kappa shape index (κ1) is 14.5. The van der Waals surface area contributed by atoms with Crippen LogP contribution < -0.4 is 5.11 Å². The van der Waals surface area contributed by atoms with Crippen molar-refractivity contribution in [1.29, 1.82) is 0 Å². The Labute approximate surface area is 103 Å². The van der Waals surface area contributed by atoms with E-state index in [2.05, 4.69) is 0 Å². The lowest BCUT2D eigenvalue weighted by Crippen LogP contribution is -2.58. The number of carboxylic acid groups (broad SMARTS) is 1. The maximum atomic E-state index is 11.0. The lowest BCUT2D eigenvalue weighted by atomic mass is 9.76. The molecule has 3 atom stereocenters. The molecular formula is C13H23O4-. The van der Waals surface area contributed by atoms with Crippen LogP contribution >= 0.6 is 0 Å². The Balaban J connectivity index is 2.81. The van der Waals surface area contributed by atoms with Gasteiger partial charge in [-0.2, -0.15) is 0 Å². The van der Waals surface area contributed by atoms with Crippen molar-refractivity contribution >= 4 is 5.97 Å². The molecule has 0 unspecified atom stereocenters. The highest BCUT2D eigenvalue weighted by Crippen LogP contribution is 2.41. The molecule has 1 rings (SSSR count). The van der Waals surface area contributed by atoms with Crippen LogP contribution in [0.5, 0.6) is 0 Å². The summed E-state index contributed by atoms with van der Waals surface area (Å²) in [7, 11) is 0. The molecule has 1 aliphatic heterocycles. The lowest BCUT2D eigenvalue weighted by molar-refractivity contribution is -0.327. The number of aliphatic hydroxyl groups excluding tert-OH is 1. The fourth-order valence-electron chi connectivity index (χ4n) is 2.72. The zero-order chi connectivity index (χ0) is 13.3. The number of carbonyl (C=O) groups is 1. The lowest BCUT2D eigenvalue weighted by Gasteiger charge is -2.50. The van der Waals surface area contributed by atoms with Crippen molar-refractivity contribution in [2.75, 3.05) is 0 Å². The number of aliphatic hydroxyl groups is 1. The molecule has 1 N–H and O–H groups in total. The standard InChI is InChI=1S/C13H24O4/c1-5-6-10(14)13(4)8-7-9(11(15)16)12(2,3)17-13/h9-10,14H,5-8H2,1-4H3,(H,15,16)/p-1/t9-,10-,13+/m1/s1. The van der Waals surface area contributed by atoms with E-state index in [-0.39, 0.29) is 0 Å². The van der Waals surface area contributed by atoms with Crippen LogP contribution in [-0.4, -0.2) is 28.4 Å². The molecule has 0 aromatic heterocycles. The van der Waals surface area contributed by atoms with Gasteiger partial charge in [-0.05, 0) is 40.0 Å². The van der Waals surface area contributed by atoms with Crippen molar-refractivity contribution in [3.63, 3.8) is 0 Å². The van der Waals surface area contributed by atoms with E-state index in [1.807, 2.05) is 13.8 Å². The summed E-state index contributed by atoms with van der Waals surface area (Å²) >= 11 is 0. The van der Waals surface area contributed by atoms with Gasteiger partial charge in [-0.15, -0.1) is 0 Å². The molecule has 0 saturated carbocycles. The van der Waals surface area contributed by atoms with Crippen molar-refractivity contribution in [3.05, 3.63) is 0 Å². The Morgan fingerprint density at radius 3 is 2.53 bits per heavy atom. The minimum atomic E-state index is -1.07. The maximum Gasteiger partial charge on any atom is 0.0919 e. The van der Waals surface area contributed by atoms with Gasteiger partial charge in [-0.3, -0.25) is 0 Å². The molecule has 1 aliphatic rings. The first-order chi connectivity index (χ1) is 7.73. The number of carboxylic acids is 1. The third kappa shape index (κ3) is 2.99. The van der Waals surface area contributed by atoms with Crippen molar-refractivity contribution in [3.8, 4) is 0 Å². The van der Waals surface area contributed by atoms with Crippen LogP contribution in [0.1, 0.15) is 53.4 Å². The van der Waals surface area contributed by atoms with E-state index in [1.54, 1.807) is 13.8 Å². The molecule has 1 fully saturated rings. The van der Waals surface area contributed by atoms with Crippen molar-refractivity contribution in [2.45, 2.75) is 70.7 Å². The second-order valence-electron chi connectivity index (χ2n) is 5.73. The minimum absolute atomic E-state index is 0.493. The third-order valence-corrected chi connectivity index (χ3v) is 3.82. The normalized spacial score (nSPS) is 34.3. The molecule has 0 radical (unpaired) electrons. The van der Waals surface area contributed by atoms with Gasteiger partial charge in [0.15, 0.2) is 0 Å². The van der Waals surface area contributed by atoms with Crippen LogP contribution in [-0.2, 0) is 9.53 Å². The van der Waals surface area contributed by atoms with Crippen LogP contribution in [0.15, 0.2) is 0 Å². The molecule has 4 heteroatoms. The predicted octanol–water partition coefficient (Wildman–Crippen LogP) is 0.861. The molecule has 100 valence electrons. The quantitative estimate of drug-likeness (QED) is 0.795. The van der Waals surface area contributed by atoms with Crippen molar-refractivity contribution in [2.24, 2.45) is 5.92 Å². The molecule has 0 amide bonds. The third-order valence-electron chi connectivity index (χ3n) is 3.82. The van der Waals surface area contributed by atoms with Gasteiger partial charge in [0.25, 0.3) is 0 Å². The second kappa shape index (κ2) is 4.94. The largest absolute Gasteiger partial charge is 0.550 e. The minimum Gasteiger partial charge on any atom is -0.550 e. The molecule has 17 heavy (non-hydrogen) atoms. The van der Waals surface area contributed by atoms with E-state index in [0.29, 0.717) is 19.3 Å². The van der Waals surface area contributed by atoms with Crippen LogP contribution in [0.2, 0.25) is 0 Å². The molecule has 0 bridgehead atoms. The average molecular weight is 243 g/mol. The maximum absolute atomic E-state index is 11.0. The van der Waals surface area contributed by atoms with Crippen LogP contribution in [0, 0.1) is 5.92 Å². The summed E-state index contributed by atoms with van der Waals surface area (Å²) in [6.45, 7) is 7.37. The number of hydrogen-bond donors (Lipinski definition) is 1. The van der Waals surface area contributed by atoms with E-state index in [4.69, 9.17) is 4.74 Å². The molecule has 0 aromatic rings. The first-order valence-corrected chi connectivity index (χ1v) is 6.32. The van der Waals surface area contributed by atoms with Gasteiger partial charge in [0.1, 0.15) is 0 Å². The summed E-state index contributed by atoms with van der Waals surface area (Å²) in [4.78, 5) is 11.0. The monoisotopic (exact) mass is 243 g/mol. The fourth-order valence-corrected chi connectivity index (χ4v) is 2.72. The highest BCUT2D eigenvalue weighted by molar-refractivity contribution is 5.69.